The first-order valence-electron chi connectivity index (χ1n) is 7.93. The zero-order valence-electron chi connectivity index (χ0n) is 13.3. The van der Waals surface area contributed by atoms with E-state index in [2.05, 4.69) is 4.98 Å². The van der Waals surface area contributed by atoms with E-state index in [1.165, 1.54) is 12.1 Å². The summed E-state index contributed by atoms with van der Waals surface area (Å²) in [4.78, 5) is 17.5. The number of rotatable bonds is 4. The zero-order chi connectivity index (χ0) is 18.0. The maximum Gasteiger partial charge on any atom is 0.416 e. The number of benzene rings is 1. The molecule has 0 amide bonds. The summed E-state index contributed by atoms with van der Waals surface area (Å²) >= 11 is 0. The highest BCUT2D eigenvalue weighted by Crippen LogP contribution is 2.36. The molecule has 0 aliphatic carbocycles. The second kappa shape index (κ2) is 6.84. The molecule has 0 saturated carbocycles. The van der Waals surface area contributed by atoms with Crippen LogP contribution in [0.1, 0.15) is 35.6 Å². The van der Waals surface area contributed by atoms with Crippen molar-refractivity contribution in [1.82, 2.24) is 9.88 Å². The van der Waals surface area contributed by atoms with Crippen molar-refractivity contribution in [1.29, 1.82) is 0 Å². The predicted molar refractivity (Wildman–Crippen MR) is 84.9 cm³/mol. The van der Waals surface area contributed by atoms with Gasteiger partial charge in [0.1, 0.15) is 6.04 Å². The summed E-state index contributed by atoms with van der Waals surface area (Å²) in [7, 11) is 0. The number of alkyl halides is 3. The Bertz CT molecular complexity index is 732. The number of aliphatic carboxylic acids is 1. The van der Waals surface area contributed by atoms with Crippen LogP contribution in [0.2, 0.25) is 0 Å². The predicted octanol–water partition coefficient (Wildman–Crippen LogP) is 3.74. The van der Waals surface area contributed by atoms with E-state index in [1.54, 1.807) is 18.5 Å². The van der Waals surface area contributed by atoms with Crippen LogP contribution in [0.15, 0.2) is 48.8 Å². The fraction of sp³-hybridized carbons (Fsp3) is 0.333. The van der Waals surface area contributed by atoms with Crippen molar-refractivity contribution < 1.29 is 23.1 Å². The van der Waals surface area contributed by atoms with Gasteiger partial charge in [-0.15, -0.1) is 0 Å². The van der Waals surface area contributed by atoms with Crippen molar-refractivity contribution in [3.05, 3.63) is 65.5 Å². The molecule has 132 valence electrons. The third-order valence-corrected chi connectivity index (χ3v) is 4.46. The van der Waals surface area contributed by atoms with E-state index in [0.29, 0.717) is 18.5 Å². The SMILES string of the molecule is O=C(O)C1CCCN1C(c1ccc(C(F)(F)F)cc1)c1cccnc1. The summed E-state index contributed by atoms with van der Waals surface area (Å²) in [5, 5.41) is 9.47. The van der Waals surface area contributed by atoms with Gasteiger partial charge in [-0.25, -0.2) is 0 Å². The maximum absolute atomic E-state index is 12.8. The standard InChI is InChI=1S/C18H17F3N2O2/c19-18(20,21)14-7-5-12(6-8-14)16(13-3-1-9-22-11-13)23-10-2-4-15(23)17(24)25/h1,3,5-9,11,15-16H,2,4,10H2,(H,24,25). The Morgan fingerprint density at radius 2 is 1.92 bits per heavy atom. The smallest absolute Gasteiger partial charge is 0.416 e. The lowest BCUT2D eigenvalue weighted by atomic mass is 9.96. The molecule has 1 aliphatic rings. The third kappa shape index (κ3) is 3.66. The number of carboxylic acid groups (broad SMARTS) is 1. The summed E-state index contributed by atoms with van der Waals surface area (Å²) in [6.45, 7) is 0.567. The first-order chi connectivity index (χ1) is 11.9. The Morgan fingerprint density at radius 3 is 2.48 bits per heavy atom. The highest BCUT2D eigenvalue weighted by atomic mass is 19.4. The van der Waals surface area contributed by atoms with Gasteiger partial charge in [-0.1, -0.05) is 18.2 Å². The van der Waals surface area contributed by atoms with Crippen molar-refractivity contribution in [3.8, 4) is 0 Å². The fourth-order valence-corrected chi connectivity index (χ4v) is 3.33. The monoisotopic (exact) mass is 350 g/mol. The van der Waals surface area contributed by atoms with Gasteiger partial charge in [0, 0.05) is 18.9 Å². The third-order valence-electron chi connectivity index (χ3n) is 4.46. The molecule has 1 aromatic carbocycles. The normalized spacial score (nSPS) is 19.7. The molecule has 2 heterocycles. The van der Waals surface area contributed by atoms with Gasteiger partial charge >= 0.3 is 12.1 Å². The molecular formula is C18H17F3N2O2. The van der Waals surface area contributed by atoms with E-state index in [4.69, 9.17) is 0 Å². The van der Waals surface area contributed by atoms with E-state index in [9.17, 15) is 23.1 Å². The Hall–Kier alpha value is -2.41. The molecule has 1 aliphatic heterocycles. The molecule has 2 unspecified atom stereocenters. The van der Waals surface area contributed by atoms with Crippen molar-refractivity contribution in [2.75, 3.05) is 6.54 Å². The van der Waals surface area contributed by atoms with Gasteiger partial charge in [0.05, 0.1) is 11.6 Å². The molecule has 1 N–H and O–H groups in total. The molecule has 2 aromatic rings. The summed E-state index contributed by atoms with van der Waals surface area (Å²) in [6.07, 6.45) is 0.0756. The van der Waals surface area contributed by atoms with Crippen LogP contribution >= 0.6 is 0 Å². The number of hydrogen-bond acceptors (Lipinski definition) is 3. The highest BCUT2D eigenvalue weighted by molar-refractivity contribution is 5.74. The number of nitrogens with zero attached hydrogens (tertiary/aromatic N) is 2. The summed E-state index contributed by atoms with van der Waals surface area (Å²) in [6, 6.07) is 7.34. The van der Waals surface area contributed by atoms with Crippen LogP contribution in [-0.4, -0.2) is 33.5 Å². The molecular weight excluding hydrogens is 333 g/mol. The molecule has 3 rings (SSSR count). The number of hydrogen-bond donors (Lipinski definition) is 1. The number of likely N-dealkylation sites (tertiary alicyclic amines) is 1. The van der Waals surface area contributed by atoms with Crippen LogP contribution < -0.4 is 0 Å². The lowest BCUT2D eigenvalue weighted by Crippen LogP contribution is -2.39. The number of aromatic nitrogens is 1. The summed E-state index contributed by atoms with van der Waals surface area (Å²) in [5.74, 6) is -0.918. The molecule has 25 heavy (non-hydrogen) atoms. The van der Waals surface area contributed by atoms with Gasteiger partial charge in [-0.05, 0) is 42.2 Å². The minimum atomic E-state index is -4.40. The van der Waals surface area contributed by atoms with Crippen LogP contribution in [0.5, 0.6) is 0 Å². The van der Waals surface area contributed by atoms with E-state index >= 15 is 0 Å². The van der Waals surface area contributed by atoms with Crippen LogP contribution in [0, 0.1) is 0 Å². The molecule has 7 heteroatoms. The van der Waals surface area contributed by atoms with E-state index < -0.39 is 29.8 Å². The minimum absolute atomic E-state index is 0.445. The lowest BCUT2D eigenvalue weighted by molar-refractivity contribution is -0.142. The van der Waals surface area contributed by atoms with Crippen LogP contribution in [-0.2, 0) is 11.0 Å². The molecule has 1 aromatic heterocycles. The van der Waals surface area contributed by atoms with Crippen LogP contribution in [0.25, 0.3) is 0 Å². The van der Waals surface area contributed by atoms with Gasteiger partial charge in [0.2, 0.25) is 0 Å². The molecule has 0 radical (unpaired) electrons. The molecule has 4 nitrogen and oxygen atoms in total. The number of carboxylic acids is 1. The van der Waals surface area contributed by atoms with Crippen LogP contribution in [0.3, 0.4) is 0 Å². The lowest BCUT2D eigenvalue weighted by Gasteiger charge is -2.32. The molecule has 1 saturated heterocycles. The van der Waals surface area contributed by atoms with Crippen LogP contribution in [0.4, 0.5) is 13.2 Å². The van der Waals surface area contributed by atoms with Crippen molar-refractivity contribution in [3.63, 3.8) is 0 Å². The van der Waals surface area contributed by atoms with Crippen molar-refractivity contribution >= 4 is 5.97 Å². The van der Waals surface area contributed by atoms with Gasteiger partial charge < -0.3 is 5.11 Å². The van der Waals surface area contributed by atoms with Gasteiger partial charge in [-0.2, -0.15) is 13.2 Å². The minimum Gasteiger partial charge on any atom is -0.480 e. The summed E-state index contributed by atoms with van der Waals surface area (Å²) < 4.78 is 38.4. The number of pyridine rings is 1. The highest BCUT2D eigenvalue weighted by Gasteiger charge is 2.37. The first kappa shape index (κ1) is 17.4. The first-order valence-corrected chi connectivity index (χ1v) is 7.93. The van der Waals surface area contributed by atoms with Gasteiger partial charge in [0.15, 0.2) is 0 Å². The van der Waals surface area contributed by atoms with E-state index in [-0.39, 0.29) is 0 Å². The Labute approximate surface area is 142 Å². The Morgan fingerprint density at radius 1 is 1.20 bits per heavy atom. The molecule has 2 atom stereocenters. The largest absolute Gasteiger partial charge is 0.480 e. The second-order valence-electron chi connectivity index (χ2n) is 6.04. The molecule has 1 fully saturated rings. The fourth-order valence-electron chi connectivity index (χ4n) is 3.33. The van der Waals surface area contributed by atoms with E-state index in [0.717, 1.165) is 24.1 Å². The Balaban J connectivity index is 2.01. The number of halogens is 3. The quantitative estimate of drug-likeness (QED) is 0.913. The zero-order valence-corrected chi connectivity index (χ0v) is 13.3. The van der Waals surface area contributed by atoms with Crippen molar-refractivity contribution in [2.45, 2.75) is 31.1 Å². The molecule has 0 bridgehead atoms. The average molecular weight is 350 g/mol. The Kier molecular flexibility index (Phi) is 4.76. The van der Waals surface area contributed by atoms with Crippen molar-refractivity contribution in [2.24, 2.45) is 0 Å². The average Bonchev–Trinajstić information content (AvgIpc) is 3.05. The maximum atomic E-state index is 12.8. The topological polar surface area (TPSA) is 53.4 Å². The van der Waals surface area contributed by atoms with Gasteiger partial charge in [-0.3, -0.25) is 14.7 Å². The summed E-state index contributed by atoms with van der Waals surface area (Å²) in [5.41, 5.74) is 0.655. The number of carbonyl (C=O) groups is 1. The molecule has 0 spiro atoms. The van der Waals surface area contributed by atoms with E-state index in [1.807, 2.05) is 11.0 Å². The van der Waals surface area contributed by atoms with Gasteiger partial charge in [0.25, 0.3) is 0 Å². The second-order valence-corrected chi connectivity index (χ2v) is 6.04.